The van der Waals surface area contributed by atoms with Gasteiger partial charge in [0.2, 0.25) is 11.8 Å². The Morgan fingerprint density at radius 3 is 0.955 bits per heavy atom. The van der Waals surface area contributed by atoms with Gasteiger partial charge < -0.3 is 134 Å². The van der Waals surface area contributed by atoms with Crippen LogP contribution in [-0.2, 0) is 66.8 Å². The zero-order chi connectivity index (χ0) is 102. The molecule has 0 unspecified atom stereocenters. The molecule has 3 heterocycles. The summed E-state index contributed by atoms with van der Waals surface area (Å²) in [6.07, 6.45) is -3.57. The number of carboxylic acid groups (broad SMARTS) is 6. The van der Waals surface area contributed by atoms with Gasteiger partial charge in [0.1, 0.15) is 61.0 Å². The Labute approximate surface area is 756 Å². The smallest absolute Gasteiger partial charge is 0.475 e. The van der Waals surface area contributed by atoms with Gasteiger partial charge in [-0.1, -0.05) is 167 Å². The molecule has 2 amide bonds. The Morgan fingerprint density at radius 2 is 0.652 bits per heavy atom. The van der Waals surface area contributed by atoms with Gasteiger partial charge in [-0.05, 0) is 70.6 Å². The summed E-state index contributed by atoms with van der Waals surface area (Å²) in [5, 5.41) is 112. The molecular formula is C79H134F18N8O26S. The van der Waals surface area contributed by atoms with E-state index in [1.165, 1.54) is 153 Å². The van der Waals surface area contributed by atoms with Crippen LogP contribution in [-0.4, -0.2) is 311 Å². The highest BCUT2D eigenvalue weighted by atomic mass is 32.2. The van der Waals surface area contributed by atoms with E-state index in [0.717, 1.165) is 51.4 Å². The fraction of sp³-hybridized carbons (Fsp3) is 0.848. The third kappa shape index (κ3) is 59.6. The molecule has 132 heavy (non-hydrogen) atoms. The van der Waals surface area contributed by atoms with E-state index in [1.807, 2.05) is 4.90 Å². The Kier molecular flexibility index (Phi) is 68.2. The second kappa shape index (κ2) is 69.4. The van der Waals surface area contributed by atoms with Gasteiger partial charge in [-0.25, -0.2) is 28.8 Å². The molecule has 0 bridgehead atoms. The average molecular weight is 1990 g/mol. The lowest BCUT2D eigenvalue weighted by molar-refractivity contribution is -0.306. The fourth-order valence-electron chi connectivity index (χ4n) is 12.5. The molecule has 0 aromatic heterocycles. The second-order valence-electron chi connectivity index (χ2n) is 30.8. The highest BCUT2D eigenvalue weighted by Gasteiger charge is 2.55. The molecule has 0 radical (unpaired) electrons. The number of rotatable bonds is 50. The lowest BCUT2D eigenvalue weighted by atomic mass is 9.84. The van der Waals surface area contributed by atoms with E-state index >= 15 is 0 Å². The van der Waals surface area contributed by atoms with E-state index < -0.39 is 189 Å². The lowest BCUT2D eigenvalue weighted by Crippen LogP contribution is -2.68. The molecule has 1 aliphatic carbocycles. The van der Waals surface area contributed by atoms with Crippen molar-refractivity contribution in [1.82, 2.24) is 10.2 Å². The van der Waals surface area contributed by atoms with E-state index in [9.17, 15) is 119 Å². The summed E-state index contributed by atoms with van der Waals surface area (Å²) in [7, 11) is 0. The number of aliphatic hydroxyl groups excluding tert-OH is 6. The van der Waals surface area contributed by atoms with E-state index in [2.05, 4.69) is 43.5 Å². The van der Waals surface area contributed by atoms with Gasteiger partial charge in [0.25, 0.3) is 0 Å². The van der Waals surface area contributed by atoms with Crippen molar-refractivity contribution in [2.24, 2.45) is 34.4 Å². The molecule has 25 N–H and O–H groups in total. The molecule has 4 aliphatic rings. The number of hydrogen-bond donors (Lipinski definition) is 19. The highest BCUT2D eigenvalue weighted by molar-refractivity contribution is 7.99. The lowest BCUT2D eigenvalue weighted by Gasteiger charge is -2.47. The molecule has 0 aromatic rings. The molecule has 0 spiro atoms. The monoisotopic (exact) mass is 1980 g/mol. The topological polar surface area (TPSA) is 606 Å². The van der Waals surface area contributed by atoms with Crippen molar-refractivity contribution in [2.45, 2.75) is 379 Å². The largest absolute Gasteiger partial charge is 0.490 e. The number of allylic oxidation sites excluding steroid dienone is 4. The first kappa shape index (κ1) is 130. The van der Waals surface area contributed by atoms with Gasteiger partial charge in [0.05, 0.1) is 24.3 Å². The number of carboxylic acids is 6. The summed E-state index contributed by atoms with van der Waals surface area (Å²) in [5.74, 6) is -16.2. The number of carbonyl (C=O) groups excluding carboxylic acids is 2. The van der Waals surface area contributed by atoms with E-state index in [4.69, 9.17) is 122 Å². The van der Waals surface area contributed by atoms with Crippen molar-refractivity contribution in [3.63, 3.8) is 0 Å². The molecule has 3 saturated heterocycles. The van der Waals surface area contributed by atoms with E-state index in [-0.39, 0.29) is 56.5 Å². The molecule has 778 valence electrons. The zero-order valence-electron chi connectivity index (χ0n) is 73.3. The Morgan fingerprint density at radius 1 is 0.371 bits per heavy atom. The summed E-state index contributed by atoms with van der Waals surface area (Å²) in [4.78, 5) is 82.4. The number of nitrogens with one attached hydrogen (secondary N) is 1. The van der Waals surface area contributed by atoms with Crippen molar-refractivity contribution in [1.29, 1.82) is 0 Å². The number of alkyl halides is 18. The molecule has 1 saturated carbocycles. The summed E-state index contributed by atoms with van der Waals surface area (Å²) in [6, 6.07) is -4.29. The first-order chi connectivity index (χ1) is 61.2. The molecule has 3 aliphatic heterocycles. The van der Waals surface area contributed by atoms with Gasteiger partial charge in [0, 0.05) is 69.2 Å². The predicted octanol–water partition coefficient (Wildman–Crippen LogP) is 9.23. The van der Waals surface area contributed by atoms with Gasteiger partial charge in [0.15, 0.2) is 18.9 Å². The van der Waals surface area contributed by atoms with Crippen molar-refractivity contribution in [3.8, 4) is 0 Å². The molecule has 4 fully saturated rings. The van der Waals surface area contributed by atoms with Crippen LogP contribution >= 0.6 is 11.8 Å². The first-order valence-electron chi connectivity index (χ1n) is 42.9. The first-order valence-corrected chi connectivity index (χ1v) is 44.1. The summed E-state index contributed by atoms with van der Waals surface area (Å²) in [6.45, 7) is 5.83. The van der Waals surface area contributed by atoms with Crippen LogP contribution in [0.25, 0.3) is 0 Å². The fourth-order valence-corrected chi connectivity index (χ4v) is 13.4. The van der Waals surface area contributed by atoms with Crippen LogP contribution in [0.4, 0.5) is 79.0 Å². The zero-order valence-corrected chi connectivity index (χ0v) is 74.1. The number of unbranched alkanes of at least 4 members (excludes halogenated alkanes) is 26. The number of hydrogen-bond acceptors (Lipinski definition) is 27. The van der Waals surface area contributed by atoms with E-state index in [0.29, 0.717) is 18.8 Å². The number of amides is 2. The van der Waals surface area contributed by atoms with Gasteiger partial charge in [-0.15, -0.1) is 0 Å². The molecule has 19 atom stereocenters. The Balaban J connectivity index is -0.00000323. The van der Waals surface area contributed by atoms with Gasteiger partial charge >= 0.3 is 72.9 Å². The number of aliphatic carboxylic acids is 6. The minimum absolute atomic E-state index is 0.000300. The number of aliphatic hydroxyl groups is 6. The second-order valence-corrected chi connectivity index (χ2v) is 31.9. The summed E-state index contributed by atoms with van der Waals surface area (Å²) >= 11 is 1.37. The minimum atomic E-state index is -5.08. The third-order valence-electron chi connectivity index (χ3n) is 19.8. The van der Waals surface area contributed by atoms with Crippen LogP contribution in [0.5, 0.6) is 0 Å². The maximum atomic E-state index is 13.8. The standard InChI is InChI=1S/C67H128N8O14S.6C2HF3O2/c1-3-5-7-9-11-13-15-17-19-21-23-25-27-29-31-33-35-40-75(41-36-34-32-30-28-26-24-22-20-18-16-14-12-10-8-6-4-2)53(77)38-37-52(76)74-39-42-90-46-51-63(88-66-55(73)60(82)58(80)50(45-69)85-66)61(83)67(86-51)89-64-56(78)47(70)43-48(71)62(64)87-65-54(72)59(81)57(79)49(44-68)84-65;6*3-2(4,5)1(6)7/h19-22,47-51,54-67,78-83H,3-18,23-46,68-73H2,1-2H3,(H,74,76);6*(H,6,7)/b21-19+,22-20+;;;;;;/t47-,48+,49-,50+,51-,54-,55-,56+,57-,58-,59-,60-,61-,62-,63-,64-,65-,66-,67+;;;;;;/m1....../s1. The Bertz CT molecular complexity index is 2970. The normalized spacial score (nSPS) is 25.1. The quantitative estimate of drug-likeness (QED) is 0.0153. The van der Waals surface area contributed by atoms with E-state index in [1.54, 1.807) is 0 Å². The number of halogens is 18. The third-order valence-corrected chi connectivity index (χ3v) is 20.9. The van der Waals surface area contributed by atoms with Crippen LogP contribution in [0.15, 0.2) is 24.3 Å². The van der Waals surface area contributed by atoms with Crippen LogP contribution in [0.2, 0.25) is 0 Å². The average Bonchev–Trinajstić information content (AvgIpc) is 1.09. The molecular weight excluding hydrogens is 1850 g/mol. The highest BCUT2D eigenvalue weighted by Crippen LogP contribution is 2.36. The number of ether oxygens (including phenoxy) is 6. The van der Waals surface area contributed by atoms with Crippen LogP contribution in [0.3, 0.4) is 0 Å². The summed E-state index contributed by atoms with van der Waals surface area (Å²) in [5.41, 5.74) is 37.1. The number of carbonyl (C=O) groups is 8. The number of nitrogens with two attached hydrogens (primary N) is 6. The molecule has 34 nitrogen and oxygen atoms in total. The predicted molar refractivity (Wildman–Crippen MR) is 438 cm³/mol. The molecule has 0 aromatic carbocycles. The minimum Gasteiger partial charge on any atom is -0.475 e. The van der Waals surface area contributed by atoms with Crippen LogP contribution in [0.1, 0.15) is 226 Å². The molecule has 53 heteroatoms. The maximum Gasteiger partial charge on any atom is 0.490 e. The molecule has 4 rings (SSSR count). The summed E-state index contributed by atoms with van der Waals surface area (Å²) < 4.78 is 227. The number of thioether (sulfide) groups is 1. The van der Waals surface area contributed by atoms with Crippen molar-refractivity contribution >= 4 is 59.4 Å². The van der Waals surface area contributed by atoms with Gasteiger partial charge in [-0.2, -0.15) is 90.8 Å². The van der Waals surface area contributed by atoms with Crippen LogP contribution < -0.4 is 39.7 Å². The van der Waals surface area contributed by atoms with Crippen LogP contribution in [0, 0.1) is 0 Å². The van der Waals surface area contributed by atoms with Crippen molar-refractivity contribution in [3.05, 3.63) is 24.3 Å². The van der Waals surface area contributed by atoms with Gasteiger partial charge in [-0.3, -0.25) is 9.59 Å². The van der Waals surface area contributed by atoms with Crippen molar-refractivity contribution < 1.29 is 207 Å². The SMILES string of the molecule is CCCCCCCCC/C=C/CCCCCCCCN(CCCCCCCC/C=C/CCCCCCCCC)C(=O)CCC(=O)NCCSC[C@H]1O[C@@H](O[C@@H]2[C@@H](O)[C@H](N)C[C@H](N)[C@H]2O[C@H]2O[C@H](CN)[C@@H](O)[C@H](O)[C@H]2N)[C@H](O)[C@@H]1O[C@H]1O[C@@H](CN)[C@@H](O)[C@H](O)[C@H]1N.O=C(O)C(F)(F)F.O=C(O)C(F)(F)F.O=C(O)C(F)(F)F.O=C(O)C(F)(F)F.O=C(O)C(F)(F)F.O=C(O)C(F)(F)F. The maximum absolute atomic E-state index is 13.8. The number of nitrogens with zero attached hydrogens (tertiary/aromatic N) is 1. The Hall–Kier alpha value is -6.39. The van der Waals surface area contributed by atoms with Crippen molar-refractivity contribution in [2.75, 3.05) is 44.2 Å².